The first-order chi connectivity index (χ1) is 10.5. The Morgan fingerprint density at radius 1 is 1.00 bits per heavy atom. The summed E-state index contributed by atoms with van der Waals surface area (Å²) in [6.45, 7) is 1.72. The number of hydrogen-bond acceptors (Lipinski definition) is 4. The number of benzene rings is 2. The van der Waals surface area contributed by atoms with Gasteiger partial charge in [0.1, 0.15) is 11.5 Å². The van der Waals surface area contributed by atoms with Crippen molar-refractivity contribution in [2.75, 3.05) is 17.7 Å². The van der Waals surface area contributed by atoms with Crippen LogP contribution >= 0.6 is 0 Å². The maximum Gasteiger partial charge on any atom is 0.314 e. The molecule has 0 bridgehead atoms. The molecule has 0 aliphatic heterocycles. The quantitative estimate of drug-likeness (QED) is 0.599. The van der Waals surface area contributed by atoms with E-state index < -0.39 is 11.8 Å². The predicted molar refractivity (Wildman–Crippen MR) is 83.1 cm³/mol. The van der Waals surface area contributed by atoms with Gasteiger partial charge in [-0.25, -0.2) is 0 Å². The van der Waals surface area contributed by atoms with E-state index in [9.17, 15) is 14.7 Å². The van der Waals surface area contributed by atoms with E-state index in [4.69, 9.17) is 4.74 Å². The summed E-state index contributed by atoms with van der Waals surface area (Å²) in [5.74, 6) is -0.817. The fourth-order valence-corrected chi connectivity index (χ4v) is 1.83. The van der Waals surface area contributed by atoms with E-state index in [0.29, 0.717) is 22.7 Å². The monoisotopic (exact) mass is 300 g/mol. The normalized spacial score (nSPS) is 9.91. The first kappa shape index (κ1) is 15.4. The zero-order chi connectivity index (χ0) is 16.1. The van der Waals surface area contributed by atoms with Crippen molar-refractivity contribution in [3.05, 3.63) is 48.0 Å². The Kier molecular flexibility index (Phi) is 4.63. The zero-order valence-electron chi connectivity index (χ0n) is 12.2. The molecule has 0 unspecified atom stereocenters. The SMILES string of the molecule is COc1ccc(NC(=O)C(=O)Nc2ccc(O)cc2C)cc1. The molecule has 2 aromatic carbocycles. The van der Waals surface area contributed by atoms with Gasteiger partial charge in [-0.1, -0.05) is 0 Å². The van der Waals surface area contributed by atoms with Gasteiger partial charge in [0.25, 0.3) is 0 Å². The molecule has 2 aromatic rings. The maximum absolute atomic E-state index is 11.9. The van der Waals surface area contributed by atoms with Gasteiger partial charge in [-0.3, -0.25) is 9.59 Å². The van der Waals surface area contributed by atoms with Crippen molar-refractivity contribution < 1.29 is 19.4 Å². The van der Waals surface area contributed by atoms with Crippen LogP contribution in [0.5, 0.6) is 11.5 Å². The van der Waals surface area contributed by atoms with Crippen LogP contribution in [-0.4, -0.2) is 24.0 Å². The summed E-state index contributed by atoms with van der Waals surface area (Å²) in [6, 6.07) is 11.1. The molecule has 0 heterocycles. The summed E-state index contributed by atoms with van der Waals surface area (Å²) in [5.41, 5.74) is 1.61. The first-order valence-corrected chi connectivity index (χ1v) is 6.55. The number of amides is 2. The number of carbonyl (C=O) groups excluding carboxylic acids is 2. The maximum atomic E-state index is 11.9. The largest absolute Gasteiger partial charge is 0.508 e. The van der Waals surface area contributed by atoms with Gasteiger partial charge in [0.2, 0.25) is 0 Å². The Morgan fingerprint density at radius 2 is 1.64 bits per heavy atom. The Hall–Kier alpha value is -3.02. The third kappa shape index (κ3) is 3.76. The van der Waals surface area contributed by atoms with Crippen molar-refractivity contribution in [2.45, 2.75) is 6.92 Å². The second-order valence-corrected chi connectivity index (χ2v) is 4.64. The van der Waals surface area contributed by atoms with Crippen LogP contribution in [0.1, 0.15) is 5.56 Å². The van der Waals surface area contributed by atoms with Crippen molar-refractivity contribution in [1.82, 2.24) is 0 Å². The fourth-order valence-electron chi connectivity index (χ4n) is 1.83. The van der Waals surface area contributed by atoms with Gasteiger partial charge in [0.05, 0.1) is 7.11 Å². The Balaban J connectivity index is 2.01. The highest BCUT2D eigenvalue weighted by Gasteiger charge is 2.15. The number of anilines is 2. The smallest absolute Gasteiger partial charge is 0.314 e. The topological polar surface area (TPSA) is 87.7 Å². The molecule has 0 aliphatic rings. The molecule has 3 N–H and O–H groups in total. The van der Waals surface area contributed by atoms with E-state index in [2.05, 4.69) is 10.6 Å². The minimum absolute atomic E-state index is 0.0955. The molecule has 0 aliphatic carbocycles. The van der Waals surface area contributed by atoms with E-state index in [1.165, 1.54) is 18.2 Å². The molecule has 2 rings (SSSR count). The molecule has 6 nitrogen and oxygen atoms in total. The lowest BCUT2D eigenvalue weighted by atomic mass is 10.2. The molecule has 0 fully saturated rings. The molecule has 0 aromatic heterocycles. The lowest BCUT2D eigenvalue weighted by molar-refractivity contribution is -0.133. The van der Waals surface area contributed by atoms with Crippen molar-refractivity contribution in [1.29, 1.82) is 0 Å². The van der Waals surface area contributed by atoms with Gasteiger partial charge in [-0.05, 0) is 55.0 Å². The van der Waals surface area contributed by atoms with Gasteiger partial charge >= 0.3 is 11.8 Å². The molecule has 0 saturated heterocycles. The van der Waals surface area contributed by atoms with Crippen LogP contribution in [0.3, 0.4) is 0 Å². The van der Waals surface area contributed by atoms with E-state index in [-0.39, 0.29) is 5.75 Å². The van der Waals surface area contributed by atoms with Crippen molar-refractivity contribution >= 4 is 23.2 Å². The fraction of sp³-hybridized carbons (Fsp3) is 0.125. The Bertz CT molecular complexity index is 696. The van der Waals surface area contributed by atoms with E-state index >= 15 is 0 Å². The summed E-state index contributed by atoms with van der Waals surface area (Å²) in [6.07, 6.45) is 0. The highest BCUT2D eigenvalue weighted by molar-refractivity contribution is 6.43. The third-order valence-electron chi connectivity index (χ3n) is 3.01. The summed E-state index contributed by atoms with van der Waals surface area (Å²) in [5, 5.41) is 14.3. The number of carbonyl (C=O) groups is 2. The Labute approximate surface area is 127 Å². The lowest BCUT2D eigenvalue weighted by Crippen LogP contribution is -2.29. The van der Waals surface area contributed by atoms with E-state index in [0.717, 1.165) is 0 Å². The van der Waals surface area contributed by atoms with Gasteiger partial charge < -0.3 is 20.5 Å². The molecular weight excluding hydrogens is 284 g/mol. The number of nitrogens with one attached hydrogen (secondary N) is 2. The highest BCUT2D eigenvalue weighted by atomic mass is 16.5. The van der Waals surface area contributed by atoms with Crippen LogP contribution in [0.25, 0.3) is 0 Å². The molecule has 0 spiro atoms. The second kappa shape index (κ2) is 6.62. The summed E-state index contributed by atoms with van der Waals surface area (Å²) in [4.78, 5) is 23.7. The minimum Gasteiger partial charge on any atom is -0.508 e. The number of hydrogen-bond donors (Lipinski definition) is 3. The molecular formula is C16H16N2O4. The first-order valence-electron chi connectivity index (χ1n) is 6.55. The average molecular weight is 300 g/mol. The van der Waals surface area contributed by atoms with Crippen LogP contribution in [0.15, 0.2) is 42.5 Å². The van der Waals surface area contributed by atoms with Gasteiger partial charge in [0.15, 0.2) is 0 Å². The number of phenols is 1. The highest BCUT2D eigenvalue weighted by Crippen LogP contribution is 2.20. The van der Waals surface area contributed by atoms with Crippen molar-refractivity contribution in [3.8, 4) is 11.5 Å². The number of aryl methyl sites for hydroxylation is 1. The van der Waals surface area contributed by atoms with Gasteiger partial charge in [-0.15, -0.1) is 0 Å². The Morgan fingerprint density at radius 3 is 2.23 bits per heavy atom. The van der Waals surface area contributed by atoms with Crippen LogP contribution < -0.4 is 15.4 Å². The number of phenolic OH excluding ortho intramolecular Hbond substituents is 1. The summed E-state index contributed by atoms with van der Waals surface area (Å²) >= 11 is 0. The zero-order valence-corrected chi connectivity index (χ0v) is 12.2. The van der Waals surface area contributed by atoms with Crippen LogP contribution in [-0.2, 0) is 9.59 Å². The van der Waals surface area contributed by atoms with Crippen LogP contribution in [0, 0.1) is 6.92 Å². The molecule has 22 heavy (non-hydrogen) atoms. The third-order valence-corrected chi connectivity index (χ3v) is 3.01. The number of methoxy groups -OCH3 is 1. The van der Waals surface area contributed by atoms with Crippen LogP contribution in [0.4, 0.5) is 11.4 Å². The van der Waals surface area contributed by atoms with E-state index in [1.807, 2.05) is 0 Å². The van der Waals surface area contributed by atoms with Crippen molar-refractivity contribution in [2.24, 2.45) is 0 Å². The van der Waals surface area contributed by atoms with Gasteiger partial charge in [-0.2, -0.15) is 0 Å². The average Bonchev–Trinajstić information content (AvgIpc) is 2.50. The lowest BCUT2D eigenvalue weighted by Gasteiger charge is -2.09. The van der Waals surface area contributed by atoms with Crippen molar-refractivity contribution in [3.63, 3.8) is 0 Å². The molecule has 2 amide bonds. The molecule has 0 saturated carbocycles. The predicted octanol–water partition coefficient (Wildman–Crippen LogP) is 2.29. The standard InChI is InChI=1S/C16H16N2O4/c1-10-9-12(19)5-8-14(10)18-16(21)15(20)17-11-3-6-13(22-2)7-4-11/h3-9,19H,1-2H3,(H,17,20)(H,18,21). The minimum atomic E-state index is -0.787. The molecule has 6 heteroatoms. The molecule has 0 atom stereocenters. The second-order valence-electron chi connectivity index (χ2n) is 4.64. The van der Waals surface area contributed by atoms with Gasteiger partial charge in [0, 0.05) is 11.4 Å². The summed E-state index contributed by atoms with van der Waals surface area (Å²) in [7, 11) is 1.54. The number of aromatic hydroxyl groups is 1. The molecule has 114 valence electrons. The molecule has 0 radical (unpaired) electrons. The van der Waals surface area contributed by atoms with E-state index in [1.54, 1.807) is 38.3 Å². The number of rotatable bonds is 3. The number of ether oxygens (including phenoxy) is 1. The summed E-state index contributed by atoms with van der Waals surface area (Å²) < 4.78 is 5.01. The van der Waals surface area contributed by atoms with Crippen LogP contribution in [0.2, 0.25) is 0 Å².